The van der Waals surface area contributed by atoms with Gasteiger partial charge in [-0.05, 0) is 46.0 Å². The Balaban J connectivity index is 1.82. The number of Topliss-reactive ketones (excluding diaryl/α,β-unsaturated/α-hetero) is 1. The van der Waals surface area contributed by atoms with E-state index < -0.39 is 16.8 Å². The monoisotopic (exact) mass is 308 g/mol. The van der Waals surface area contributed by atoms with E-state index in [9.17, 15) is 15.0 Å². The van der Waals surface area contributed by atoms with Crippen molar-refractivity contribution in [2.24, 2.45) is 11.8 Å². The van der Waals surface area contributed by atoms with Crippen LogP contribution in [0, 0.1) is 11.8 Å². The molecular weight excluding hydrogens is 284 g/mol. The maximum atomic E-state index is 12.8. The predicted molar refractivity (Wildman–Crippen MR) is 78.0 cm³/mol. The first-order valence-corrected chi connectivity index (χ1v) is 8.17. The Morgan fingerprint density at radius 3 is 2.64 bits per heavy atom. The van der Waals surface area contributed by atoms with Crippen molar-refractivity contribution in [2.45, 2.75) is 69.4 Å². The van der Waals surface area contributed by atoms with Gasteiger partial charge in [0.2, 0.25) is 0 Å². The van der Waals surface area contributed by atoms with Crippen LogP contribution in [0.1, 0.15) is 46.5 Å². The number of hydrogen-bond acceptors (Lipinski definition) is 5. The van der Waals surface area contributed by atoms with Gasteiger partial charge in [0.25, 0.3) is 0 Å². The van der Waals surface area contributed by atoms with Crippen LogP contribution in [-0.2, 0) is 14.3 Å². The highest BCUT2D eigenvalue weighted by molar-refractivity contribution is 6.04. The highest BCUT2D eigenvalue weighted by atomic mass is 16.6. The molecule has 5 atom stereocenters. The molecule has 1 saturated carbocycles. The van der Waals surface area contributed by atoms with E-state index in [-0.39, 0.29) is 36.8 Å². The van der Waals surface area contributed by atoms with Crippen molar-refractivity contribution in [3.05, 3.63) is 11.3 Å². The molecule has 2 aliphatic heterocycles. The molecule has 4 aliphatic rings. The molecule has 2 bridgehead atoms. The van der Waals surface area contributed by atoms with Crippen LogP contribution in [0.15, 0.2) is 11.3 Å². The average Bonchev–Trinajstić information content (AvgIpc) is 2.88. The zero-order valence-corrected chi connectivity index (χ0v) is 13.4. The fourth-order valence-electron chi connectivity index (χ4n) is 4.94. The van der Waals surface area contributed by atoms with E-state index >= 15 is 0 Å². The van der Waals surface area contributed by atoms with Gasteiger partial charge in [0, 0.05) is 17.9 Å². The van der Waals surface area contributed by atoms with Crippen molar-refractivity contribution in [1.82, 2.24) is 0 Å². The minimum Gasteiger partial charge on any atom is -0.489 e. The molecule has 5 heteroatoms. The molecule has 0 aromatic heterocycles. The number of aliphatic hydroxyl groups is 2. The summed E-state index contributed by atoms with van der Waals surface area (Å²) in [6, 6.07) is 0. The summed E-state index contributed by atoms with van der Waals surface area (Å²) in [5.41, 5.74) is -2.11. The molecule has 2 N–H and O–H groups in total. The van der Waals surface area contributed by atoms with Crippen molar-refractivity contribution >= 4 is 5.78 Å². The topological polar surface area (TPSA) is 76.0 Å². The quantitative estimate of drug-likeness (QED) is 0.706. The van der Waals surface area contributed by atoms with Gasteiger partial charge >= 0.3 is 0 Å². The second-order valence-corrected chi connectivity index (χ2v) is 8.23. The van der Waals surface area contributed by atoms with E-state index in [2.05, 4.69) is 0 Å². The van der Waals surface area contributed by atoms with E-state index in [4.69, 9.17) is 9.47 Å². The fraction of sp³-hybridized carbons (Fsp3) is 0.824. The summed E-state index contributed by atoms with van der Waals surface area (Å²) in [5.74, 6) is 0.492. The maximum absolute atomic E-state index is 12.8. The van der Waals surface area contributed by atoms with Crippen LogP contribution in [0.25, 0.3) is 0 Å². The third kappa shape index (κ3) is 1.79. The summed E-state index contributed by atoms with van der Waals surface area (Å²) in [5, 5.41) is 21.2. The van der Waals surface area contributed by atoms with Crippen molar-refractivity contribution in [3.8, 4) is 0 Å². The van der Waals surface area contributed by atoms with Gasteiger partial charge in [-0.1, -0.05) is 0 Å². The first-order valence-electron chi connectivity index (χ1n) is 8.17. The minimum absolute atomic E-state index is 0.0277. The highest BCUT2D eigenvalue weighted by Gasteiger charge is 2.59. The number of carbonyl (C=O) groups is 1. The Kier molecular flexibility index (Phi) is 2.76. The van der Waals surface area contributed by atoms with Crippen LogP contribution in [-0.4, -0.2) is 45.5 Å². The van der Waals surface area contributed by atoms with Gasteiger partial charge in [0.1, 0.15) is 17.5 Å². The van der Waals surface area contributed by atoms with Crippen molar-refractivity contribution in [2.75, 3.05) is 6.61 Å². The van der Waals surface area contributed by atoms with Gasteiger partial charge in [0.05, 0.1) is 12.2 Å². The second-order valence-electron chi connectivity index (χ2n) is 8.23. The van der Waals surface area contributed by atoms with Crippen LogP contribution < -0.4 is 0 Å². The van der Waals surface area contributed by atoms with Crippen LogP contribution in [0.2, 0.25) is 0 Å². The Morgan fingerprint density at radius 1 is 1.18 bits per heavy atom. The first-order chi connectivity index (χ1) is 10.1. The standard InChI is InChI=1S/C17H24O5/c1-15(2)10-4-5-16(3,19)11(10)6-9-13(22-15)12-7-17(20,8-21-12)14(9)18/h10-12,19-20H,4-8H2,1-3H3. The number of carbonyl (C=O) groups excluding carboxylic acids is 1. The lowest BCUT2D eigenvalue weighted by atomic mass is 9.73. The molecule has 1 saturated heterocycles. The van der Waals surface area contributed by atoms with Gasteiger partial charge in [-0.25, -0.2) is 0 Å². The molecule has 0 spiro atoms. The number of ketones is 1. The molecule has 2 heterocycles. The average molecular weight is 308 g/mol. The van der Waals surface area contributed by atoms with E-state index in [0.29, 0.717) is 17.8 Å². The van der Waals surface area contributed by atoms with E-state index in [1.54, 1.807) is 0 Å². The number of hydrogen-bond donors (Lipinski definition) is 2. The zero-order chi connectivity index (χ0) is 15.9. The molecule has 5 nitrogen and oxygen atoms in total. The third-order valence-electron chi connectivity index (χ3n) is 6.27. The van der Waals surface area contributed by atoms with Crippen molar-refractivity contribution in [1.29, 1.82) is 0 Å². The van der Waals surface area contributed by atoms with Crippen molar-refractivity contribution < 1.29 is 24.5 Å². The molecule has 0 radical (unpaired) electrons. The molecular formula is C17H24O5. The summed E-state index contributed by atoms with van der Waals surface area (Å²) < 4.78 is 11.9. The molecule has 2 aliphatic carbocycles. The van der Waals surface area contributed by atoms with Gasteiger partial charge in [-0.2, -0.15) is 0 Å². The number of ether oxygens (including phenoxy) is 2. The van der Waals surface area contributed by atoms with Gasteiger partial charge < -0.3 is 19.7 Å². The van der Waals surface area contributed by atoms with Crippen LogP contribution in [0.3, 0.4) is 0 Å². The first kappa shape index (κ1) is 14.7. The molecule has 22 heavy (non-hydrogen) atoms. The summed E-state index contributed by atoms with van der Waals surface area (Å²) in [6.07, 6.45) is 2.02. The van der Waals surface area contributed by atoms with Crippen LogP contribution >= 0.6 is 0 Å². The predicted octanol–water partition coefficient (Wildman–Crippen LogP) is 1.32. The molecule has 122 valence electrons. The minimum atomic E-state index is -1.40. The van der Waals surface area contributed by atoms with E-state index in [1.807, 2.05) is 20.8 Å². The molecule has 2 fully saturated rings. The van der Waals surface area contributed by atoms with E-state index in [1.165, 1.54) is 0 Å². The van der Waals surface area contributed by atoms with Gasteiger partial charge in [-0.3, -0.25) is 4.79 Å². The molecule has 0 aromatic carbocycles. The lowest BCUT2D eigenvalue weighted by Gasteiger charge is -2.37. The van der Waals surface area contributed by atoms with Crippen molar-refractivity contribution in [3.63, 3.8) is 0 Å². The SMILES string of the molecule is CC1(O)CCC2C1CC1=C(OC2(C)C)C2CC(O)(CO2)C1=O. The van der Waals surface area contributed by atoms with Gasteiger partial charge in [-0.15, -0.1) is 0 Å². The molecule has 0 amide bonds. The summed E-state index contributed by atoms with van der Waals surface area (Å²) >= 11 is 0. The number of rotatable bonds is 0. The summed E-state index contributed by atoms with van der Waals surface area (Å²) in [7, 11) is 0. The van der Waals surface area contributed by atoms with Gasteiger partial charge in [0.15, 0.2) is 11.4 Å². The number of fused-ring (bicyclic) bond motifs is 4. The largest absolute Gasteiger partial charge is 0.489 e. The third-order valence-corrected chi connectivity index (χ3v) is 6.27. The Morgan fingerprint density at radius 2 is 1.91 bits per heavy atom. The Labute approximate surface area is 130 Å². The molecule has 5 unspecified atom stereocenters. The highest BCUT2D eigenvalue weighted by Crippen LogP contribution is 2.54. The Bertz CT molecular complexity index is 576. The second kappa shape index (κ2) is 4.13. The normalized spacial score (nSPS) is 49.5. The van der Waals surface area contributed by atoms with Crippen LogP contribution in [0.4, 0.5) is 0 Å². The smallest absolute Gasteiger partial charge is 0.196 e. The van der Waals surface area contributed by atoms with E-state index in [0.717, 1.165) is 12.8 Å². The van der Waals surface area contributed by atoms with Crippen LogP contribution in [0.5, 0.6) is 0 Å². The summed E-state index contributed by atoms with van der Waals surface area (Å²) in [6.45, 7) is 5.95. The lowest BCUT2D eigenvalue weighted by molar-refractivity contribution is -0.133. The fourth-order valence-corrected chi connectivity index (χ4v) is 4.94. The molecule has 4 rings (SSSR count). The Hall–Kier alpha value is -0.910. The maximum Gasteiger partial charge on any atom is 0.196 e. The zero-order valence-electron chi connectivity index (χ0n) is 13.4. The molecule has 0 aromatic rings. The lowest BCUT2D eigenvalue weighted by Crippen LogP contribution is -2.44. The summed E-state index contributed by atoms with van der Waals surface area (Å²) in [4.78, 5) is 12.8.